The van der Waals surface area contributed by atoms with E-state index in [2.05, 4.69) is 26.3 Å². The van der Waals surface area contributed by atoms with E-state index in [4.69, 9.17) is 19.9 Å². The van der Waals surface area contributed by atoms with Crippen LogP contribution in [0.4, 0.5) is 0 Å². The van der Waals surface area contributed by atoms with Gasteiger partial charge in [-0.3, -0.25) is 43.2 Å². The number of nitrogens with zero attached hydrogens (tertiary/aromatic N) is 3. The Balaban J connectivity index is 0.000000206. The van der Waals surface area contributed by atoms with Crippen LogP contribution in [0.2, 0.25) is 0 Å². The summed E-state index contributed by atoms with van der Waals surface area (Å²) in [5.41, 5.74) is 5.17. The van der Waals surface area contributed by atoms with Gasteiger partial charge in [0.2, 0.25) is 17.7 Å². The van der Waals surface area contributed by atoms with E-state index in [9.17, 15) is 58.5 Å². The summed E-state index contributed by atoms with van der Waals surface area (Å²) in [7, 11) is 0. The predicted octanol–water partition coefficient (Wildman–Crippen LogP) is 6.35. The van der Waals surface area contributed by atoms with Gasteiger partial charge in [0.15, 0.2) is 17.3 Å². The maximum Gasteiger partial charge on any atom is 0.254 e. The largest absolute Gasteiger partial charge is 0.508 e. The second kappa shape index (κ2) is 26.8. The molecule has 6 aliphatic rings. The molecular formula is C70H68N8O15S. The van der Waals surface area contributed by atoms with Gasteiger partial charge in [-0.25, -0.2) is 4.98 Å². The summed E-state index contributed by atoms with van der Waals surface area (Å²) >= 11 is 1.64. The van der Waals surface area contributed by atoms with Crippen LogP contribution in [0.5, 0.6) is 17.2 Å². The molecule has 13 rings (SSSR count). The molecule has 9 unspecified atom stereocenters. The second-order valence-electron chi connectivity index (χ2n) is 24.2. The van der Waals surface area contributed by atoms with Crippen LogP contribution in [-0.2, 0) is 49.4 Å². The number of hydrogen-bond acceptors (Lipinski definition) is 17. The lowest BCUT2D eigenvalue weighted by atomic mass is 9.87. The van der Waals surface area contributed by atoms with Crippen LogP contribution in [-0.4, -0.2) is 143 Å². The molecule has 7 aromatic rings. The van der Waals surface area contributed by atoms with Crippen LogP contribution in [0.25, 0.3) is 16.1 Å². The quantitative estimate of drug-likeness (QED) is 0.0386. The van der Waals surface area contributed by atoms with E-state index in [0.717, 1.165) is 16.9 Å². The Bertz CT molecular complexity index is 4110. The molecule has 0 spiro atoms. The highest BCUT2D eigenvalue weighted by molar-refractivity contribution is 7.13. The highest BCUT2D eigenvalue weighted by Gasteiger charge is 2.61. The normalized spacial score (nSPS) is 24.1. The van der Waals surface area contributed by atoms with E-state index in [1.54, 1.807) is 107 Å². The van der Waals surface area contributed by atoms with Crippen LogP contribution in [0.15, 0.2) is 164 Å². The number of nitrogens with one attached hydrogen (secondary N) is 4. The Morgan fingerprint density at radius 3 is 1.95 bits per heavy atom. The van der Waals surface area contributed by atoms with Gasteiger partial charge in [0.25, 0.3) is 17.7 Å². The first kappa shape index (κ1) is 64.0. The second-order valence-corrected chi connectivity index (χ2v) is 25.2. The summed E-state index contributed by atoms with van der Waals surface area (Å²) in [4.78, 5) is 129. The standard InChI is InChI=1S/C43H42N6O10.C27H26N2O5S/c44-39(55)36-26(5-2-8-31(36)51)22-30(40(56)47-42-16-3-9-33(42)58-23-32(42)52)49(41(57)25-11-13-28(14-12-25)48-20-18-45-24-48)19-15-35(53)46-43-17-4-10-34(43)59-37(38(43)54)27-6-1-7-29(50)21-27;30-20-5-1-4-19(16-20)24-25(32)27(13-2-7-22(27)34-24)29-23(31)12-14-28-26(33)18-10-8-17(9-11-18)21-6-3-15-35-21/h1-3,5-9,11-14,18,20-21,24,30,33-34,37,50-51H,4,10,15-17,19,22-23H2,(H2,44,55)(H,46,53)(H,47,56);1,3-6,8-11,15-16,22,24,30H,2,7,12-14H2,(H,28,33)(H,29,31). The molecule has 484 valence electrons. The van der Waals surface area contributed by atoms with Crippen molar-refractivity contribution in [2.75, 3.05) is 19.7 Å². The number of carbonyl (C=O) groups excluding carboxylic acids is 9. The fourth-order valence-corrected chi connectivity index (χ4v) is 14.5. The molecule has 6 amide bonds. The topological polar surface area (TPSA) is 337 Å². The van der Waals surface area contributed by atoms with Crippen molar-refractivity contribution in [3.8, 4) is 33.4 Å². The highest BCUT2D eigenvalue weighted by Crippen LogP contribution is 2.48. The van der Waals surface area contributed by atoms with Gasteiger partial charge in [-0.05, 0) is 145 Å². The molecule has 24 heteroatoms. The molecule has 9 atom stereocenters. The van der Waals surface area contributed by atoms with Gasteiger partial charge in [-0.15, -0.1) is 11.3 Å². The number of primary amides is 1. The Morgan fingerprint density at radius 1 is 0.723 bits per heavy atom. The van der Waals surface area contributed by atoms with E-state index in [0.29, 0.717) is 54.5 Å². The number of benzene rings is 5. The lowest BCUT2D eigenvalue weighted by molar-refractivity contribution is -0.133. The lowest BCUT2D eigenvalue weighted by Crippen LogP contribution is -2.62. The van der Waals surface area contributed by atoms with Gasteiger partial charge < -0.3 is 66.0 Å². The maximum absolute atomic E-state index is 14.8. The number of nitrogens with two attached hydrogens (primary N) is 1. The number of ketones is 3. The van der Waals surface area contributed by atoms with Crippen molar-refractivity contribution in [3.05, 3.63) is 197 Å². The number of amides is 6. The van der Waals surface area contributed by atoms with Crippen molar-refractivity contribution in [1.82, 2.24) is 35.7 Å². The zero-order chi connectivity index (χ0) is 65.9. The lowest BCUT2D eigenvalue weighted by Gasteiger charge is -2.35. The third-order valence-electron chi connectivity index (χ3n) is 18.5. The average Bonchev–Trinajstić information content (AvgIpc) is 1.59. The number of phenolic OH excluding ortho intramolecular Hbond substituents is 2. The number of aromatic nitrogens is 2. The predicted molar refractivity (Wildman–Crippen MR) is 340 cm³/mol. The van der Waals surface area contributed by atoms with E-state index < -0.39 is 82.6 Å². The number of phenols is 3. The molecule has 3 aliphatic carbocycles. The van der Waals surface area contributed by atoms with Crippen molar-refractivity contribution in [3.63, 3.8) is 0 Å². The fourth-order valence-electron chi connectivity index (χ4n) is 13.8. The minimum absolute atomic E-state index is 0.0356. The molecule has 3 saturated heterocycles. The van der Waals surface area contributed by atoms with Gasteiger partial charge in [-0.2, -0.15) is 0 Å². The number of hydrogen-bond donors (Lipinski definition) is 8. The summed E-state index contributed by atoms with van der Waals surface area (Å²) < 4.78 is 19.6. The number of Topliss-reactive ketones (excluding diaryl/α,β-unsaturated/α-hetero) is 3. The molecule has 9 N–H and O–H groups in total. The molecular weight excluding hydrogens is 1220 g/mol. The van der Waals surface area contributed by atoms with E-state index in [-0.39, 0.29) is 103 Å². The number of fused-ring (bicyclic) bond motifs is 3. The number of ether oxygens (including phenoxy) is 3. The smallest absolute Gasteiger partial charge is 0.254 e. The third-order valence-corrected chi connectivity index (χ3v) is 19.4. The summed E-state index contributed by atoms with van der Waals surface area (Å²) in [6, 6.07) is 33.2. The first-order valence-electron chi connectivity index (χ1n) is 31.0. The van der Waals surface area contributed by atoms with Gasteiger partial charge in [0.05, 0.1) is 24.1 Å². The summed E-state index contributed by atoms with van der Waals surface area (Å²) in [5, 5.41) is 44.1. The van der Waals surface area contributed by atoms with Crippen LogP contribution in [0.1, 0.15) is 118 Å². The maximum atomic E-state index is 14.8. The molecule has 5 aromatic carbocycles. The number of rotatable bonds is 20. The van der Waals surface area contributed by atoms with Crippen LogP contribution < -0.4 is 27.0 Å². The molecule has 3 aliphatic heterocycles. The number of aromatic hydroxyl groups is 3. The molecule has 0 radical (unpaired) electrons. The molecule has 5 heterocycles. The zero-order valence-corrected chi connectivity index (χ0v) is 51.6. The van der Waals surface area contributed by atoms with Crippen molar-refractivity contribution in [2.24, 2.45) is 5.73 Å². The summed E-state index contributed by atoms with van der Waals surface area (Å²) in [6.07, 6.45) is 7.59. The van der Waals surface area contributed by atoms with Crippen LogP contribution >= 0.6 is 11.3 Å². The number of thiophene rings is 1. The van der Waals surface area contributed by atoms with Gasteiger partial charge in [0.1, 0.15) is 64.8 Å². The van der Waals surface area contributed by atoms with Gasteiger partial charge >= 0.3 is 0 Å². The van der Waals surface area contributed by atoms with E-state index in [1.807, 2.05) is 29.6 Å². The molecule has 5 fully saturated rings. The molecule has 0 bridgehead atoms. The van der Waals surface area contributed by atoms with Crippen LogP contribution in [0, 0.1) is 0 Å². The molecule has 23 nitrogen and oxygen atoms in total. The molecule has 94 heavy (non-hydrogen) atoms. The van der Waals surface area contributed by atoms with Gasteiger partial charge in [0, 0.05) is 66.4 Å². The molecule has 2 aromatic heterocycles. The monoisotopic (exact) mass is 1290 g/mol. The summed E-state index contributed by atoms with van der Waals surface area (Å²) in [6.45, 7) is -0.438. The third kappa shape index (κ3) is 12.6. The van der Waals surface area contributed by atoms with E-state index >= 15 is 0 Å². The summed E-state index contributed by atoms with van der Waals surface area (Å²) in [5.74, 6) is -4.87. The van der Waals surface area contributed by atoms with Crippen molar-refractivity contribution in [1.29, 1.82) is 0 Å². The Hall–Kier alpha value is -10.1. The molecule has 2 saturated carbocycles. The number of imidazole rings is 1. The van der Waals surface area contributed by atoms with Gasteiger partial charge in [-0.1, -0.05) is 66.7 Å². The highest BCUT2D eigenvalue weighted by atomic mass is 32.1. The minimum Gasteiger partial charge on any atom is -0.508 e. The zero-order valence-electron chi connectivity index (χ0n) is 50.8. The number of carbonyl (C=O) groups is 9. The Labute approximate surface area is 543 Å². The first-order chi connectivity index (χ1) is 45.4. The van der Waals surface area contributed by atoms with Crippen molar-refractivity contribution < 1.29 is 72.7 Å². The Kier molecular flexibility index (Phi) is 18.3. The van der Waals surface area contributed by atoms with Crippen molar-refractivity contribution in [2.45, 2.75) is 117 Å². The first-order valence-corrected chi connectivity index (χ1v) is 31.9. The van der Waals surface area contributed by atoms with Crippen molar-refractivity contribution >= 4 is 64.1 Å². The average molecular weight is 1290 g/mol. The SMILES string of the molecule is NC(=O)c1c(O)cccc1CC(C(=O)NC12CC=CC1OCC2=O)N(CCC(=O)NC12CCCC1OC(c1cccc(O)c1)C2=O)C(=O)c1ccc(-n2ccnc2)cc1.O=C(CCNC(=O)c1ccc(-c2cccs2)cc1)NC12CCCC1OC(c1cccc(O)c1)C2=O. The van der Waals surface area contributed by atoms with E-state index in [1.165, 1.54) is 47.4 Å². The Morgan fingerprint density at radius 2 is 1.35 bits per heavy atom. The fraction of sp³-hybridized carbons (Fsp3) is 0.314. The van der Waals surface area contributed by atoms with Crippen LogP contribution in [0.3, 0.4) is 0 Å². The minimum atomic E-state index is -1.48.